The van der Waals surface area contributed by atoms with Gasteiger partial charge in [-0.05, 0) is 27.6 Å². The van der Waals surface area contributed by atoms with E-state index in [-0.39, 0.29) is 17.8 Å². The molecule has 1 aromatic rings. The van der Waals surface area contributed by atoms with Crippen molar-refractivity contribution in [1.29, 1.82) is 0 Å². The number of aromatic nitrogens is 1. The Morgan fingerprint density at radius 1 is 1.57 bits per heavy atom. The maximum absolute atomic E-state index is 12.5. The van der Waals surface area contributed by atoms with Gasteiger partial charge in [-0.2, -0.15) is 0 Å². The first-order valence-corrected chi connectivity index (χ1v) is 4.66. The molecular formula is C8H9BrF2N2O. The van der Waals surface area contributed by atoms with E-state index in [1.54, 1.807) is 0 Å². The van der Waals surface area contributed by atoms with E-state index in [9.17, 15) is 8.78 Å². The molecule has 0 aliphatic carbocycles. The summed E-state index contributed by atoms with van der Waals surface area (Å²) >= 11 is 3.08. The van der Waals surface area contributed by atoms with Crippen molar-refractivity contribution in [2.75, 3.05) is 0 Å². The summed E-state index contributed by atoms with van der Waals surface area (Å²) in [6.07, 6.45) is -2.65. The van der Waals surface area contributed by atoms with Crippen molar-refractivity contribution >= 4 is 15.9 Å². The molecule has 14 heavy (non-hydrogen) atoms. The summed E-state index contributed by atoms with van der Waals surface area (Å²) in [4.78, 5) is 3.79. The van der Waals surface area contributed by atoms with Crippen LogP contribution in [0, 0.1) is 0 Å². The van der Waals surface area contributed by atoms with Crippen LogP contribution >= 0.6 is 15.9 Å². The van der Waals surface area contributed by atoms with Crippen LogP contribution < -0.4 is 5.73 Å². The predicted octanol–water partition coefficient (Wildman–Crippen LogP) is 1.73. The van der Waals surface area contributed by atoms with Crippen molar-refractivity contribution in [2.24, 2.45) is 5.73 Å². The van der Waals surface area contributed by atoms with Gasteiger partial charge in [-0.25, -0.2) is 13.8 Å². The first-order chi connectivity index (χ1) is 6.60. The molecule has 0 amide bonds. The topological polar surface area (TPSA) is 59.1 Å². The zero-order valence-electron chi connectivity index (χ0n) is 7.17. The van der Waals surface area contributed by atoms with Crippen molar-refractivity contribution in [3.8, 4) is 0 Å². The first kappa shape index (κ1) is 11.5. The van der Waals surface area contributed by atoms with Crippen LogP contribution in [0.4, 0.5) is 8.78 Å². The lowest BCUT2D eigenvalue weighted by atomic mass is 10.1. The van der Waals surface area contributed by atoms with Crippen molar-refractivity contribution in [1.82, 2.24) is 4.98 Å². The van der Waals surface area contributed by atoms with Crippen LogP contribution in [0.25, 0.3) is 0 Å². The van der Waals surface area contributed by atoms with Crippen molar-refractivity contribution < 1.29 is 13.9 Å². The lowest BCUT2D eigenvalue weighted by Crippen LogP contribution is -2.05. The average Bonchev–Trinajstić information content (AvgIpc) is 2.16. The number of hydrogen-bond donors (Lipinski definition) is 2. The van der Waals surface area contributed by atoms with Gasteiger partial charge in [0.15, 0.2) is 0 Å². The molecule has 0 aromatic carbocycles. The highest BCUT2D eigenvalue weighted by atomic mass is 79.9. The summed E-state index contributed by atoms with van der Waals surface area (Å²) in [7, 11) is 0. The predicted molar refractivity (Wildman–Crippen MR) is 50.7 cm³/mol. The van der Waals surface area contributed by atoms with E-state index in [1.807, 2.05) is 0 Å². The molecule has 3 N–H and O–H groups in total. The molecule has 3 nitrogen and oxygen atoms in total. The molecule has 1 heterocycles. The maximum Gasteiger partial charge on any atom is 0.265 e. The Labute approximate surface area is 88.1 Å². The van der Waals surface area contributed by atoms with Gasteiger partial charge in [0.2, 0.25) is 0 Å². The number of aliphatic hydroxyl groups excluding tert-OH is 1. The third kappa shape index (κ3) is 2.26. The highest BCUT2D eigenvalue weighted by Crippen LogP contribution is 2.26. The summed E-state index contributed by atoms with van der Waals surface area (Å²) in [5.41, 5.74) is 5.54. The number of nitrogens with two attached hydrogens (primary N) is 1. The Kier molecular flexibility index (Phi) is 3.91. The Balaban J connectivity index is 3.25. The lowest BCUT2D eigenvalue weighted by Gasteiger charge is -2.09. The number of rotatable bonds is 3. The second kappa shape index (κ2) is 4.77. The Bertz CT molecular complexity index is 333. The van der Waals surface area contributed by atoms with E-state index in [4.69, 9.17) is 10.8 Å². The summed E-state index contributed by atoms with van der Waals surface area (Å²) < 4.78 is 25.3. The van der Waals surface area contributed by atoms with Crippen LogP contribution in [0.15, 0.2) is 10.7 Å². The molecule has 0 unspecified atom stereocenters. The Hall–Kier alpha value is -0.590. The SMILES string of the molecule is NCc1cc(C(F)F)c(CO)nc1Br. The summed E-state index contributed by atoms with van der Waals surface area (Å²) in [5, 5.41) is 8.81. The van der Waals surface area contributed by atoms with Crippen LogP contribution in [0.3, 0.4) is 0 Å². The van der Waals surface area contributed by atoms with Gasteiger partial charge in [0.1, 0.15) is 4.60 Å². The standard InChI is InChI=1S/C8H9BrF2N2O/c9-7-4(2-12)1-5(8(10)11)6(3-14)13-7/h1,8,14H,2-3,12H2. The molecule has 0 saturated carbocycles. The summed E-state index contributed by atoms with van der Waals surface area (Å²) in [6.45, 7) is -0.387. The van der Waals surface area contributed by atoms with Crippen LogP contribution in [-0.4, -0.2) is 10.1 Å². The minimum atomic E-state index is -2.65. The zero-order valence-corrected chi connectivity index (χ0v) is 8.76. The van der Waals surface area contributed by atoms with E-state index >= 15 is 0 Å². The number of nitrogens with zero attached hydrogens (tertiary/aromatic N) is 1. The molecule has 0 saturated heterocycles. The fraction of sp³-hybridized carbons (Fsp3) is 0.375. The van der Waals surface area contributed by atoms with Crippen LogP contribution in [0.5, 0.6) is 0 Å². The fourth-order valence-corrected chi connectivity index (χ4v) is 1.53. The van der Waals surface area contributed by atoms with Crippen LogP contribution in [0.2, 0.25) is 0 Å². The molecule has 0 atom stereocenters. The molecule has 78 valence electrons. The van der Waals surface area contributed by atoms with E-state index in [0.29, 0.717) is 10.2 Å². The van der Waals surface area contributed by atoms with Gasteiger partial charge >= 0.3 is 0 Å². The second-order valence-electron chi connectivity index (χ2n) is 2.64. The second-order valence-corrected chi connectivity index (χ2v) is 3.39. The molecule has 1 aromatic heterocycles. The minimum absolute atomic E-state index is 0.0240. The highest BCUT2D eigenvalue weighted by Gasteiger charge is 2.16. The van der Waals surface area contributed by atoms with Crippen molar-refractivity contribution in [3.05, 3.63) is 27.5 Å². The smallest absolute Gasteiger partial charge is 0.265 e. The maximum atomic E-state index is 12.5. The number of aliphatic hydroxyl groups is 1. The van der Waals surface area contributed by atoms with E-state index in [1.165, 1.54) is 6.07 Å². The van der Waals surface area contributed by atoms with Gasteiger partial charge in [-0.1, -0.05) is 0 Å². The van der Waals surface area contributed by atoms with Crippen molar-refractivity contribution in [3.63, 3.8) is 0 Å². The number of pyridine rings is 1. The quantitative estimate of drug-likeness (QED) is 0.820. The third-order valence-corrected chi connectivity index (χ3v) is 2.45. The van der Waals surface area contributed by atoms with E-state index in [2.05, 4.69) is 20.9 Å². The molecular weight excluding hydrogens is 258 g/mol. The molecule has 0 radical (unpaired) electrons. The van der Waals surface area contributed by atoms with Gasteiger partial charge in [0.25, 0.3) is 6.43 Å². The normalized spacial score (nSPS) is 11.0. The lowest BCUT2D eigenvalue weighted by molar-refractivity contribution is 0.146. The number of hydrogen-bond acceptors (Lipinski definition) is 3. The molecule has 6 heteroatoms. The third-order valence-electron chi connectivity index (χ3n) is 1.77. The number of alkyl halides is 2. The molecule has 0 spiro atoms. The zero-order chi connectivity index (χ0) is 10.7. The molecule has 0 fully saturated rings. The van der Waals surface area contributed by atoms with E-state index < -0.39 is 13.0 Å². The molecule has 0 aliphatic heterocycles. The summed E-state index contributed by atoms with van der Waals surface area (Å²) in [6, 6.07) is 1.26. The molecule has 1 rings (SSSR count). The van der Waals surface area contributed by atoms with Gasteiger partial charge in [0.05, 0.1) is 12.3 Å². The highest BCUT2D eigenvalue weighted by molar-refractivity contribution is 9.10. The Morgan fingerprint density at radius 2 is 2.21 bits per heavy atom. The van der Waals surface area contributed by atoms with Gasteiger partial charge in [-0.15, -0.1) is 0 Å². The first-order valence-electron chi connectivity index (χ1n) is 3.87. The van der Waals surface area contributed by atoms with Crippen LogP contribution in [-0.2, 0) is 13.2 Å². The molecule has 0 bridgehead atoms. The minimum Gasteiger partial charge on any atom is -0.390 e. The average molecular weight is 267 g/mol. The largest absolute Gasteiger partial charge is 0.390 e. The van der Waals surface area contributed by atoms with Gasteiger partial charge in [-0.3, -0.25) is 0 Å². The Morgan fingerprint density at radius 3 is 2.64 bits per heavy atom. The monoisotopic (exact) mass is 266 g/mol. The van der Waals surface area contributed by atoms with Crippen LogP contribution in [0.1, 0.15) is 23.2 Å². The van der Waals surface area contributed by atoms with Crippen molar-refractivity contribution in [2.45, 2.75) is 19.6 Å². The van der Waals surface area contributed by atoms with E-state index in [0.717, 1.165) is 0 Å². The molecule has 0 aliphatic rings. The fourth-order valence-electron chi connectivity index (χ4n) is 1.04. The van der Waals surface area contributed by atoms with Gasteiger partial charge in [0, 0.05) is 12.1 Å². The van der Waals surface area contributed by atoms with Gasteiger partial charge < -0.3 is 10.8 Å². The summed E-state index contributed by atoms with van der Waals surface area (Å²) in [5.74, 6) is 0. The number of halogens is 3.